The Labute approximate surface area is 108 Å². The maximum Gasteiger partial charge on any atom is 0.259 e. The molecule has 3 nitrogen and oxygen atoms in total. The second-order valence-electron chi connectivity index (χ2n) is 6.11. The summed E-state index contributed by atoms with van der Waals surface area (Å²) in [6, 6.07) is 0. The van der Waals surface area contributed by atoms with Gasteiger partial charge >= 0.3 is 0 Å². The zero-order valence-corrected chi connectivity index (χ0v) is 10.9. The summed E-state index contributed by atoms with van der Waals surface area (Å²) in [4.78, 5) is 22.5. The summed E-state index contributed by atoms with van der Waals surface area (Å²) in [6.07, 6.45) is 7.31. The molecule has 0 amide bonds. The minimum Gasteiger partial charge on any atom is -0.310 e. The van der Waals surface area contributed by atoms with E-state index in [-0.39, 0.29) is 5.56 Å². The highest BCUT2D eigenvalue weighted by Gasteiger charge is 2.64. The van der Waals surface area contributed by atoms with Crippen molar-refractivity contribution >= 4 is 21.6 Å². The molecule has 0 aromatic carbocycles. The zero-order chi connectivity index (χ0) is 11.9. The fourth-order valence-electron chi connectivity index (χ4n) is 3.63. The normalized spacial score (nSPS) is 26.8. The minimum absolute atomic E-state index is 0.108. The Bertz CT molecular complexity index is 738. The Balaban J connectivity index is 1.74. The standard InChI is InChI=1S/C14H14N2OS/c17-12-10-7-2-1-3-9(7)18-13(10)16-11(15-12)8-6-14(8)4-5-14/h8H,1-6H2,(H,15,16,17). The molecule has 0 bridgehead atoms. The number of nitrogens with one attached hydrogen (secondary N) is 1. The van der Waals surface area contributed by atoms with Gasteiger partial charge in [0.2, 0.25) is 0 Å². The minimum atomic E-state index is 0.108. The van der Waals surface area contributed by atoms with Crippen molar-refractivity contribution in [2.24, 2.45) is 5.41 Å². The second kappa shape index (κ2) is 2.87. The summed E-state index contributed by atoms with van der Waals surface area (Å²) >= 11 is 1.75. The van der Waals surface area contributed by atoms with Crippen molar-refractivity contribution in [2.45, 2.75) is 44.4 Å². The van der Waals surface area contributed by atoms with Crippen molar-refractivity contribution in [3.63, 3.8) is 0 Å². The van der Waals surface area contributed by atoms with Gasteiger partial charge < -0.3 is 4.98 Å². The summed E-state index contributed by atoms with van der Waals surface area (Å²) in [5, 5.41) is 0.891. The maximum absolute atomic E-state index is 12.3. The number of aromatic amines is 1. The van der Waals surface area contributed by atoms with E-state index in [0.717, 1.165) is 28.9 Å². The number of nitrogens with zero attached hydrogens (tertiary/aromatic N) is 1. The molecule has 1 N–H and O–H groups in total. The number of aryl methyl sites for hydroxylation is 2. The summed E-state index contributed by atoms with van der Waals surface area (Å²) in [5.74, 6) is 1.51. The molecular formula is C14H14N2OS. The number of thiophene rings is 1. The molecule has 3 aliphatic carbocycles. The van der Waals surface area contributed by atoms with Crippen molar-refractivity contribution in [1.82, 2.24) is 9.97 Å². The van der Waals surface area contributed by atoms with Gasteiger partial charge in [0.15, 0.2) is 0 Å². The fraction of sp³-hybridized carbons (Fsp3) is 0.571. The van der Waals surface area contributed by atoms with Crippen LogP contribution in [0.2, 0.25) is 0 Å². The van der Waals surface area contributed by atoms with Crippen LogP contribution in [-0.4, -0.2) is 9.97 Å². The lowest BCUT2D eigenvalue weighted by Gasteiger charge is -1.99. The molecule has 2 heterocycles. The Morgan fingerprint density at radius 2 is 2.22 bits per heavy atom. The number of hydrogen-bond donors (Lipinski definition) is 1. The summed E-state index contributed by atoms with van der Waals surface area (Å²) < 4.78 is 0. The van der Waals surface area contributed by atoms with E-state index < -0.39 is 0 Å². The fourth-order valence-corrected chi connectivity index (χ4v) is 4.90. The van der Waals surface area contributed by atoms with Crippen molar-refractivity contribution in [1.29, 1.82) is 0 Å². The first-order valence-corrected chi connectivity index (χ1v) is 7.63. The van der Waals surface area contributed by atoms with Gasteiger partial charge in [0.05, 0.1) is 5.39 Å². The molecule has 2 fully saturated rings. The molecule has 5 rings (SSSR count). The largest absolute Gasteiger partial charge is 0.310 e. The quantitative estimate of drug-likeness (QED) is 0.855. The van der Waals surface area contributed by atoms with Crippen LogP contribution in [0.3, 0.4) is 0 Å². The molecule has 0 saturated heterocycles. The lowest BCUT2D eigenvalue weighted by molar-refractivity contribution is 0.793. The molecule has 2 aromatic heterocycles. The predicted octanol–water partition coefficient (Wildman–Crippen LogP) is 2.74. The number of H-pyrrole nitrogens is 1. The van der Waals surface area contributed by atoms with Gasteiger partial charge in [-0.2, -0.15) is 0 Å². The van der Waals surface area contributed by atoms with Crippen molar-refractivity contribution < 1.29 is 0 Å². The predicted molar refractivity (Wildman–Crippen MR) is 71.3 cm³/mol. The molecule has 92 valence electrons. The molecule has 1 unspecified atom stereocenters. The van der Waals surface area contributed by atoms with E-state index in [1.54, 1.807) is 11.3 Å². The SMILES string of the molecule is O=c1[nH]c(C2CC23CC3)nc2sc3c(c12)CCC3. The topological polar surface area (TPSA) is 45.8 Å². The molecule has 18 heavy (non-hydrogen) atoms. The molecule has 0 aliphatic heterocycles. The number of aromatic nitrogens is 2. The van der Waals surface area contributed by atoms with Crippen LogP contribution in [0, 0.1) is 5.41 Å². The first-order valence-electron chi connectivity index (χ1n) is 6.81. The van der Waals surface area contributed by atoms with E-state index in [9.17, 15) is 4.79 Å². The highest BCUT2D eigenvalue weighted by Crippen LogP contribution is 2.74. The highest BCUT2D eigenvalue weighted by atomic mass is 32.1. The Kier molecular flexibility index (Phi) is 1.55. The third-order valence-electron chi connectivity index (χ3n) is 5.01. The monoisotopic (exact) mass is 258 g/mol. The summed E-state index contributed by atoms with van der Waals surface area (Å²) in [5.41, 5.74) is 1.95. The number of fused-ring (bicyclic) bond motifs is 3. The van der Waals surface area contributed by atoms with Gasteiger partial charge in [0.1, 0.15) is 10.7 Å². The van der Waals surface area contributed by atoms with Gasteiger partial charge in [-0.1, -0.05) is 0 Å². The molecule has 1 atom stereocenters. The maximum atomic E-state index is 12.3. The average molecular weight is 258 g/mol. The molecule has 1 spiro atoms. The van der Waals surface area contributed by atoms with Crippen LogP contribution >= 0.6 is 11.3 Å². The van der Waals surface area contributed by atoms with E-state index in [1.165, 1.54) is 36.1 Å². The first-order chi connectivity index (χ1) is 8.77. The van der Waals surface area contributed by atoms with Crippen molar-refractivity contribution in [2.75, 3.05) is 0 Å². The summed E-state index contributed by atoms with van der Waals surface area (Å²) in [6.45, 7) is 0. The van der Waals surface area contributed by atoms with Gasteiger partial charge in [0.25, 0.3) is 5.56 Å². The van der Waals surface area contributed by atoms with Gasteiger partial charge in [0, 0.05) is 10.8 Å². The van der Waals surface area contributed by atoms with Gasteiger partial charge in [-0.05, 0) is 49.5 Å². The highest BCUT2D eigenvalue weighted by molar-refractivity contribution is 7.18. The van der Waals surface area contributed by atoms with Crippen molar-refractivity contribution in [3.8, 4) is 0 Å². The molecule has 0 radical (unpaired) electrons. The lowest BCUT2D eigenvalue weighted by Crippen LogP contribution is -2.11. The number of rotatable bonds is 1. The van der Waals surface area contributed by atoms with Crippen LogP contribution in [0.4, 0.5) is 0 Å². The Morgan fingerprint density at radius 3 is 3.00 bits per heavy atom. The second-order valence-corrected chi connectivity index (χ2v) is 7.19. The van der Waals surface area contributed by atoms with Gasteiger partial charge in [-0.25, -0.2) is 4.98 Å². The van der Waals surface area contributed by atoms with Crippen LogP contribution in [0.15, 0.2) is 4.79 Å². The lowest BCUT2D eigenvalue weighted by atomic mass is 10.2. The molecule has 2 saturated carbocycles. The Morgan fingerprint density at radius 1 is 1.33 bits per heavy atom. The van der Waals surface area contributed by atoms with Crippen LogP contribution in [0.5, 0.6) is 0 Å². The zero-order valence-electron chi connectivity index (χ0n) is 10.1. The van der Waals surface area contributed by atoms with Gasteiger partial charge in [-0.3, -0.25) is 4.79 Å². The molecule has 2 aromatic rings. The van der Waals surface area contributed by atoms with Crippen LogP contribution in [0.1, 0.15) is 47.9 Å². The average Bonchev–Trinajstić information content (AvgIpc) is 3.17. The summed E-state index contributed by atoms with van der Waals surface area (Å²) in [7, 11) is 0. The molecule has 4 heteroatoms. The third-order valence-corrected chi connectivity index (χ3v) is 6.19. The third kappa shape index (κ3) is 1.10. The molecule has 3 aliphatic rings. The van der Waals surface area contributed by atoms with Crippen LogP contribution < -0.4 is 5.56 Å². The van der Waals surface area contributed by atoms with Crippen LogP contribution in [0.25, 0.3) is 10.2 Å². The molecular weight excluding hydrogens is 244 g/mol. The van der Waals surface area contributed by atoms with Crippen molar-refractivity contribution in [3.05, 3.63) is 26.6 Å². The van der Waals surface area contributed by atoms with E-state index in [2.05, 4.69) is 4.98 Å². The van der Waals surface area contributed by atoms with E-state index in [0.29, 0.717) is 11.3 Å². The first kappa shape index (κ1) is 9.73. The van der Waals surface area contributed by atoms with E-state index >= 15 is 0 Å². The number of hydrogen-bond acceptors (Lipinski definition) is 3. The van der Waals surface area contributed by atoms with E-state index in [4.69, 9.17) is 4.98 Å². The van der Waals surface area contributed by atoms with Crippen LogP contribution in [-0.2, 0) is 12.8 Å². The van der Waals surface area contributed by atoms with Gasteiger partial charge in [-0.15, -0.1) is 11.3 Å². The Hall–Kier alpha value is -1.16. The van der Waals surface area contributed by atoms with E-state index in [1.807, 2.05) is 0 Å². The smallest absolute Gasteiger partial charge is 0.259 e.